The molecule has 0 fully saturated rings. The van der Waals surface area contributed by atoms with Gasteiger partial charge in [0.25, 0.3) is 0 Å². The molecule has 0 aliphatic carbocycles. The molecular formula is C47H39IrN3OSi-2. The van der Waals surface area contributed by atoms with Crippen LogP contribution >= 0.6 is 0 Å². The first-order chi connectivity index (χ1) is 25.2. The fraction of sp³-hybridized carbons (Fsp3) is 0.128. The van der Waals surface area contributed by atoms with Gasteiger partial charge in [0.2, 0.25) is 0 Å². The molecule has 0 bridgehead atoms. The molecule has 53 heavy (non-hydrogen) atoms. The van der Waals surface area contributed by atoms with Gasteiger partial charge in [-0.2, -0.15) is 0 Å². The molecule has 8 aromatic rings. The molecule has 5 aromatic carbocycles. The van der Waals surface area contributed by atoms with Gasteiger partial charge in [0.05, 0.1) is 19.3 Å². The van der Waals surface area contributed by atoms with Gasteiger partial charge in [0.1, 0.15) is 5.58 Å². The van der Waals surface area contributed by atoms with E-state index >= 15 is 0 Å². The number of aliphatic imine (C=N–C) groups is 1. The molecule has 0 saturated heterocycles. The monoisotopic (exact) mass is 882 g/mol. The van der Waals surface area contributed by atoms with Crippen LogP contribution in [0, 0.1) is 26.0 Å². The normalized spacial score (nSPS) is 13.5. The molecular weight excluding hydrogens is 843 g/mol. The molecule has 4 heterocycles. The molecule has 1 aliphatic rings. The summed E-state index contributed by atoms with van der Waals surface area (Å²) in [5.74, 6) is 0.0764. The van der Waals surface area contributed by atoms with E-state index in [2.05, 4.69) is 136 Å². The van der Waals surface area contributed by atoms with Crippen molar-refractivity contribution in [1.29, 1.82) is 0 Å². The summed E-state index contributed by atoms with van der Waals surface area (Å²) in [6, 6.07) is 52.4. The molecule has 0 saturated carbocycles. The summed E-state index contributed by atoms with van der Waals surface area (Å²) in [5.41, 5.74) is 13.8. The average Bonchev–Trinajstić information content (AvgIpc) is 3.74. The van der Waals surface area contributed by atoms with Crippen LogP contribution in [0.3, 0.4) is 0 Å². The molecule has 0 amide bonds. The molecule has 0 spiro atoms. The molecule has 263 valence electrons. The van der Waals surface area contributed by atoms with Crippen molar-refractivity contribution in [3.05, 3.63) is 180 Å². The Morgan fingerprint density at radius 1 is 0.698 bits per heavy atom. The smallest absolute Gasteiger partial charge is 0.120 e. The zero-order chi connectivity index (χ0) is 35.8. The number of nitrogens with zero attached hydrogens (tertiary/aromatic N) is 3. The number of pyridine rings is 2. The predicted molar refractivity (Wildman–Crippen MR) is 218 cm³/mol. The Morgan fingerprint density at radius 3 is 2.17 bits per heavy atom. The second-order valence-electron chi connectivity index (χ2n) is 14.4. The summed E-state index contributed by atoms with van der Waals surface area (Å²) in [7, 11) is -1.51. The van der Waals surface area contributed by atoms with Gasteiger partial charge in [-0.1, -0.05) is 103 Å². The van der Waals surface area contributed by atoms with Crippen LogP contribution in [0.2, 0.25) is 19.6 Å². The van der Waals surface area contributed by atoms with Gasteiger partial charge >= 0.3 is 0 Å². The first kappa shape index (κ1) is 36.1. The number of aryl methyl sites for hydroxylation is 2. The Kier molecular flexibility index (Phi) is 10.2. The van der Waals surface area contributed by atoms with E-state index in [1.165, 1.54) is 27.4 Å². The van der Waals surface area contributed by atoms with Crippen LogP contribution in [0.4, 0.5) is 5.69 Å². The summed E-state index contributed by atoms with van der Waals surface area (Å²) in [4.78, 5) is 14.3. The van der Waals surface area contributed by atoms with E-state index < -0.39 is 8.07 Å². The van der Waals surface area contributed by atoms with Gasteiger partial charge in [-0.3, -0.25) is 9.98 Å². The molecule has 3 aromatic heterocycles. The van der Waals surface area contributed by atoms with Crippen molar-refractivity contribution < 1.29 is 24.5 Å². The third-order valence-corrected chi connectivity index (χ3v) is 11.6. The van der Waals surface area contributed by atoms with Gasteiger partial charge in [-0.15, -0.1) is 54.1 Å². The van der Waals surface area contributed by atoms with Crippen LogP contribution in [0.15, 0.2) is 149 Å². The van der Waals surface area contributed by atoms with E-state index in [1.54, 1.807) is 0 Å². The van der Waals surface area contributed by atoms with Crippen LogP contribution in [0.25, 0.3) is 44.3 Å². The molecule has 9 rings (SSSR count). The third kappa shape index (κ3) is 7.23. The molecule has 1 aliphatic heterocycles. The van der Waals surface area contributed by atoms with Gasteiger partial charge in [-0.25, -0.2) is 0 Å². The zero-order valence-corrected chi connectivity index (χ0v) is 33.8. The summed E-state index contributed by atoms with van der Waals surface area (Å²) < 4.78 is 6.27. The molecule has 6 heteroatoms. The van der Waals surface area contributed by atoms with E-state index in [-0.39, 0.29) is 26.0 Å². The number of fused-ring (bicyclic) bond motifs is 4. The maximum absolute atomic E-state index is 6.27. The average molecular weight is 882 g/mol. The minimum absolute atomic E-state index is 0. The Balaban J connectivity index is 0.000000163. The zero-order valence-electron chi connectivity index (χ0n) is 30.4. The summed E-state index contributed by atoms with van der Waals surface area (Å²) in [6.45, 7) is 11.2. The fourth-order valence-electron chi connectivity index (χ4n) is 7.22. The first-order valence-corrected chi connectivity index (χ1v) is 21.2. The quantitative estimate of drug-likeness (QED) is 0.128. The maximum atomic E-state index is 6.27. The molecule has 1 atom stereocenters. The van der Waals surface area contributed by atoms with Crippen LogP contribution in [0.1, 0.15) is 34.0 Å². The van der Waals surface area contributed by atoms with Crippen LogP contribution < -0.4 is 5.19 Å². The van der Waals surface area contributed by atoms with Crippen LogP contribution in [0.5, 0.6) is 0 Å². The number of aromatic nitrogens is 2. The number of rotatable bonds is 5. The van der Waals surface area contributed by atoms with Crippen LogP contribution in [-0.2, 0) is 20.1 Å². The molecule has 0 N–H and O–H groups in total. The molecule has 1 radical (unpaired) electrons. The standard InChI is InChI=1S/C26H16NO.C21H23N2Si.Ir/c1-2-9-17(10-3-1)24-20-12-4-6-15-22(20)27-25(24)21-14-8-13-19-18-11-5-7-16-23(18)28-26(19)21;1-15-11-18(12-16(2)23-15)19-13-20(17-9-7-6-8-10-17)22-14-21(19)24(3,4)5;/h1-13,15-16,24H;6-9,11-14H,1-5H3;/q2*-1;. The van der Waals surface area contributed by atoms with Gasteiger partial charge in [-0.05, 0) is 77.0 Å². The van der Waals surface area contributed by atoms with Gasteiger partial charge < -0.3 is 9.40 Å². The molecule has 1 unspecified atom stereocenters. The summed E-state index contributed by atoms with van der Waals surface area (Å²) in [6.07, 6.45) is 2.07. The predicted octanol–water partition coefficient (Wildman–Crippen LogP) is 11.4. The third-order valence-electron chi connectivity index (χ3n) is 9.58. The number of furan rings is 1. The van der Waals surface area contributed by atoms with Gasteiger partial charge in [0, 0.05) is 49.0 Å². The first-order valence-electron chi connectivity index (χ1n) is 17.7. The van der Waals surface area contributed by atoms with E-state index in [1.807, 2.05) is 54.6 Å². The number of hydrogen-bond donors (Lipinski definition) is 0. The van der Waals surface area contributed by atoms with E-state index in [9.17, 15) is 0 Å². The topological polar surface area (TPSA) is 51.3 Å². The minimum atomic E-state index is -1.51. The van der Waals surface area contributed by atoms with Crippen molar-refractivity contribution in [2.24, 2.45) is 4.99 Å². The maximum Gasteiger partial charge on any atom is 0.120 e. The van der Waals surface area contributed by atoms with Crippen molar-refractivity contribution in [2.75, 3.05) is 0 Å². The van der Waals surface area contributed by atoms with E-state index in [4.69, 9.17) is 14.4 Å². The van der Waals surface area contributed by atoms with Crippen molar-refractivity contribution in [3.8, 4) is 22.4 Å². The van der Waals surface area contributed by atoms with Crippen molar-refractivity contribution in [2.45, 2.75) is 39.4 Å². The van der Waals surface area contributed by atoms with Crippen molar-refractivity contribution in [1.82, 2.24) is 9.97 Å². The second kappa shape index (κ2) is 15.0. The summed E-state index contributed by atoms with van der Waals surface area (Å²) in [5, 5.41) is 3.61. The Morgan fingerprint density at radius 2 is 1.42 bits per heavy atom. The Labute approximate surface area is 326 Å². The second-order valence-corrected chi connectivity index (χ2v) is 19.4. The van der Waals surface area contributed by atoms with Gasteiger partial charge in [0.15, 0.2) is 0 Å². The largest absolute Gasteiger partial charge is 0.501 e. The SMILES string of the molecule is Cc1cc(-c2cc(-c3[c-]cccc3)ncc2[Si](C)(C)C)cc(C)n1.[Ir].[c-]1ccc2c(oc3ccccc32)c1C1=Nc2ccccc2C1c1ccccc1. The number of benzene rings is 5. The van der Waals surface area contributed by atoms with E-state index in [0.29, 0.717) is 0 Å². The van der Waals surface area contributed by atoms with Crippen molar-refractivity contribution in [3.63, 3.8) is 0 Å². The number of para-hydroxylation sites is 2. The Hall–Kier alpha value is -5.26. The fourth-order valence-corrected chi connectivity index (χ4v) is 8.70. The Bertz CT molecular complexity index is 2570. The minimum Gasteiger partial charge on any atom is -0.501 e. The number of hydrogen-bond acceptors (Lipinski definition) is 4. The van der Waals surface area contributed by atoms with Crippen LogP contribution in [-0.4, -0.2) is 23.8 Å². The van der Waals surface area contributed by atoms with E-state index in [0.717, 1.165) is 61.5 Å². The summed E-state index contributed by atoms with van der Waals surface area (Å²) >= 11 is 0. The van der Waals surface area contributed by atoms with Crippen molar-refractivity contribution >= 4 is 46.6 Å². The molecule has 4 nitrogen and oxygen atoms in total.